The molecule has 0 fully saturated rings. The highest BCUT2D eigenvalue weighted by Crippen LogP contribution is 2.42. The van der Waals surface area contributed by atoms with E-state index in [1.54, 1.807) is 11.0 Å². The average molecular weight is 677 g/mol. The van der Waals surface area contributed by atoms with E-state index in [1.165, 1.54) is 43.8 Å². The minimum atomic E-state index is 0.835. The average Bonchev–Trinajstić information content (AvgIpc) is 3.68. The quantitative estimate of drug-likeness (QED) is 0.176. The Balaban J connectivity index is 1.20. The first-order chi connectivity index (χ1) is 26.3. The lowest BCUT2D eigenvalue weighted by Gasteiger charge is -2.15. The van der Waals surface area contributed by atoms with Gasteiger partial charge < -0.3 is 0 Å². The molecule has 10 rings (SSSR count). The predicted molar refractivity (Wildman–Crippen MR) is 219 cm³/mol. The van der Waals surface area contributed by atoms with Crippen LogP contribution in [0.4, 0.5) is 0 Å². The van der Waals surface area contributed by atoms with Gasteiger partial charge in [0, 0.05) is 18.0 Å². The Morgan fingerprint density at radius 2 is 0.849 bits per heavy atom. The molecule has 0 amide bonds. The molecule has 4 nitrogen and oxygen atoms in total. The first kappa shape index (κ1) is 30.6. The van der Waals surface area contributed by atoms with Gasteiger partial charge in [0.05, 0.1) is 5.69 Å². The van der Waals surface area contributed by atoms with Gasteiger partial charge in [0.15, 0.2) is 0 Å². The fourth-order valence-electron chi connectivity index (χ4n) is 7.64. The van der Waals surface area contributed by atoms with E-state index in [1.807, 2.05) is 12.3 Å². The highest BCUT2D eigenvalue weighted by atomic mass is 15.5. The number of hydrogen-bond acceptors (Lipinski definition) is 3. The van der Waals surface area contributed by atoms with Crippen LogP contribution >= 0.6 is 0 Å². The van der Waals surface area contributed by atoms with Crippen molar-refractivity contribution in [3.05, 3.63) is 194 Å². The minimum absolute atomic E-state index is 0.835. The van der Waals surface area contributed by atoms with Crippen LogP contribution < -0.4 is 0 Å². The molecule has 8 aromatic carbocycles. The van der Waals surface area contributed by atoms with Gasteiger partial charge in [0.1, 0.15) is 11.0 Å². The molecular weight excluding hydrogens is 645 g/mol. The molecule has 10 aromatic rings. The molecule has 0 unspecified atom stereocenters. The lowest BCUT2D eigenvalue weighted by Crippen LogP contribution is -1.98. The summed E-state index contributed by atoms with van der Waals surface area (Å²) in [6.45, 7) is 0. The smallest absolute Gasteiger partial charge is 0.121 e. The number of benzene rings is 8. The minimum Gasteiger partial charge on any atom is -0.264 e. The molecular formula is C49H32N4. The summed E-state index contributed by atoms with van der Waals surface area (Å²) < 4.78 is 0. The van der Waals surface area contributed by atoms with Gasteiger partial charge in [-0.3, -0.25) is 4.98 Å². The van der Waals surface area contributed by atoms with Crippen LogP contribution in [0.2, 0.25) is 0 Å². The maximum atomic E-state index is 5.19. The molecule has 0 spiro atoms. The monoisotopic (exact) mass is 676 g/mol. The number of fused-ring (bicyclic) bond motifs is 3. The Morgan fingerprint density at radius 1 is 0.340 bits per heavy atom. The second-order valence-electron chi connectivity index (χ2n) is 13.3. The van der Waals surface area contributed by atoms with Crippen molar-refractivity contribution in [1.29, 1.82) is 0 Å². The van der Waals surface area contributed by atoms with E-state index in [2.05, 4.69) is 181 Å². The van der Waals surface area contributed by atoms with Crippen molar-refractivity contribution >= 4 is 32.6 Å². The maximum absolute atomic E-state index is 5.19. The van der Waals surface area contributed by atoms with Crippen LogP contribution in [-0.2, 0) is 0 Å². The van der Waals surface area contributed by atoms with Crippen LogP contribution in [0.5, 0.6) is 0 Å². The third kappa shape index (κ3) is 5.45. The fourth-order valence-corrected chi connectivity index (χ4v) is 7.64. The SMILES string of the molecule is c1ccc(-c2ccc(-c3cc(-c4ccc(-c5ccccc5)c5ccccc45)c4nn(-c5ccc(-c6cccnc6)cc5)nc4c3)c3ccccc23)cc1. The molecule has 0 bridgehead atoms. The molecule has 0 aliphatic heterocycles. The molecule has 0 N–H and O–H groups in total. The van der Waals surface area contributed by atoms with Crippen LogP contribution in [0, 0.1) is 0 Å². The van der Waals surface area contributed by atoms with E-state index >= 15 is 0 Å². The summed E-state index contributed by atoms with van der Waals surface area (Å²) >= 11 is 0. The highest BCUT2D eigenvalue weighted by molar-refractivity contribution is 6.11. The lowest BCUT2D eigenvalue weighted by atomic mass is 9.88. The molecule has 53 heavy (non-hydrogen) atoms. The molecule has 0 atom stereocenters. The number of pyridine rings is 1. The molecule has 2 aromatic heterocycles. The van der Waals surface area contributed by atoms with Crippen LogP contribution in [0.1, 0.15) is 0 Å². The van der Waals surface area contributed by atoms with Gasteiger partial charge in [-0.2, -0.15) is 4.80 Å². The Kier molecular flexibility index (Phi) is 7.43. The third-order valence-corrected chi connectivity index (χ3v) is 10.2. The number of aromatic nitrogens is 4. The Labute approximate surface area is 307 Å². The molecule has 248 valence electrons. The summed E-state index contributed by atoms with van der Waals surface area (Å²) in [5, 5.41) is 15.1. The molecule has 0 aliphatic carbocycles. The van der Waals surface area contributed by atoms with E-state index in [9.17, 15) is 0 Å². The topological polar surface area (TPSA) is 43.6 Å². The van der Waals surface area contributed by atoms with Crippen LogP contribution in [0.15, 0.2) is 194 Å². The van der Waals surface area contributed by atoms with E-state index < -0.39 is 0 Å². The van der Waals surface area contributed by atoms with Gasteiger partial charge in [0.25, 0.3) is 0 Å². The van der Waals surface area contributed by atoms with Gasteiger partial charge in [0.2, 0.25) is 0 Å². The molecule has 0 saturated carbocycles. The van der Waals surface area contributed by atoms with Gasteiger partial charge in [-0.15, -0.1) is 10.2 Å². The number of nitrogens with zero attached hydrogens (tertiary/aromatic N) is 4. The second-order valence-corrected chi connectivity index (χ2v) is 13.3. The van der Waals surface area contributed by atoms with Gasteiger partial charge in [-0.05, 0) is 102 Å². The standard InChI is InChI=1S/C49H32N4/c1-3-12-34(13-4-1)39-25-26-41(44-19-8-7-17-42(39)44)37-30-47(46-28-27-40(35-14-5-2-6-15-35)43-18-9-10-20-45(43)46)49-48(31-37)51-53(52-49)38-23-21-33(22-24-38)36-16-11-29-50-32-36/h1-32H. The van der Waals surface area contributed by atoms with E-state index in [0.29, 0.717) is 0 Å². The zero-order valence-corrected chi connectivity index (χ0v) is 28.8. The molecule has 0 aliphatic rings. The van der Waals surface area contributed by atoms with Gasteiger partial charge in [-0.1, -0.05) is 152 Å². The van der Waals surface area contributed by atoms with Crippen molar-refractivity contribution in [2.24, 2.45) is 0 Å². The first-order valence-corrected chi connectivity index (χ1v) is 17.9. The molecule has 0 saturated heterocycles. The molecule has 2 heterocycles. The lowest BCUT2D eigenvalue weighted by molar-refractivity contribution is 0.766. The van der Waals surface area contributed by atoms with E-state index in [4.69, 9.17) is 10.2 Å². The summed E-state index contributed by atoms with van der Waals surface area (Å²) in [4.78, 5) is 6.06. The van der Waals surface area contributed by atoms with Crippen molar-refractivity contribution in [2.45, 2.75) is 0 Å². The molecule has 4 heteroatoms. The van der Waals surface area contributed by atoms with Crippen molar-refractivity contribution in [3.63, 3.8) is 0 Å². The predicted octanol–water partition coefficient (Wildman–Crippen LogP) is 12.5. The fraction of sp³-hybridized carbons (Fsp3) is 0. The third-order valence-electron chi connectivity index (χ3n) is 10.2. The Hall–Kier alpha value is -7.17. The molecule has 0 radical (unpaired) electrons. The number of rotatable bonds is 6. The summed E-state index contributed by atoms with van der Waals surface area (Å²) in [7, 11) is 0. The summed E-state index contributed by atoms with van der Waals surface area (Å²) in [6, 6.07) is 64.5. The van der Waals surface area contributed by atoms with Crippen LogP contribution in [0.25, 0.3) is 93.9 Å². The summed E-state index contributed by atoms with van der Waals surface area (Å²) in [5.41, 5.74) is 14.0. The second kappa shape index (κ2) is 12.9. The highest BCUT2D eigenvalue weighted by Gasteiger charge is 2.19. The first-order valence-electron chi connectivity index (χ1n) is 17.9. The Morgan fingerprint density at radius 3 is 1.42 bits per heavy atom. The normalized spacial score (nSPS) is 11.4. The van der Waals surface area contributed by atoms with E-state index in [-0.39, 0.29) is 0 Å². The number of hydrogen-bond donors (Lipinski definition) is 0. The van der Waals surface area contributed by atoms with Gasteiger partial charge >= 0.3 is 0 Å². The summed E-state index contributed by atoms with van der Waals surface area (Å²) in [5.74, 6) is 0. The van der Waals surface area contributed by atoms with Crippen molar-refractivity contribution in [1.82, 2.24) is 20.0 Å². The summed E-state index contributed by atoms with van der Waals surface area (Å²) in [6.07, 6.45) is 3.68. The maximum Gasteiger partial charge on any atom is 0.121 e. The van der Waals surface area contributed by atoms with Crippen molar-refractivity contribution < 1.29 is 0 Å². The zero-order chi connectivity index (χ0) is 35.1. The van der Waals surface area contributed by atoms with Crippen LogP contribution in [0.3, 0.4) is 0 Å². The van der Waals surface area contributed by atoms with Gasteiger partial charge in [-0.25, -0.2) is 0 Å². The largest absolute Gasteiger partial charge is 0.264 e. The van der Waals surface area contributed by atoms with Crippen molar-refractivity contribution in [2.75, 3.05) is 0 Å². The van der Waals surface area contributed by atoms with Crippen LogP contribution in [-0.4, -0.2) is 20.0 Å². The zero-order valence-electron chi connectivity index (χ0n) is 28.8. The van der Waals surface area contributed by atoms with E-state index in [0.717, 1.165) is 50.1 Å². The Bertz CT molecular complexity index is 2910. The van der Waals surface area contributed by atoms with Crippen molar-refractivity contribution in [3.8, 4) is 61.3 Å².